The number of aromatic nitrogens is 2. The summed E-state index contributed by atoms with van der Waals surface area (Å²) in [6.07, 6.45) is 1.41. The number of unbranched alkanes of at least 4 members (excludes halogenated alkanes) is 1. The van der Waals surface area contributed by atoms with Crippen molar-refractivity contribution in [3.63, 3.8) is 0 Å². The Morgan fingerprint density at radius 3 is 2.45 bits per heavy atom. The number of fused-ring (bicyclic) bond motifs is 1. The Morgan fingerprint density at radius 1 is 1.16 bits per heavy atom. The summed E-state index contributed by atoms with van der Waals surface area (Å²) in [4.78, 5) is 17.7. The van der Waals surface area contributed by atoms with E-state index in [-0.39, 0.29) is 17.0 Å². The Bertz CT molecular complexity index is 1240. The molecule has 3 aromatic rings. The van der Waals surface area contributed by atoms with E-state index in [0.717, 1.165) is 18.6 Å². The molecule has 3 rings (SSSR count). The summed E-state index contributed by atoms with van der Waals surface area (Å²) in [6, 6.07) is 8.85. The molecule has 1 aromatic heterocycles. The first-order valence-corrected chi connectivity index (χ1v) is 12.0. The van der Waals surface area contributed by atoms with Crippen LogP contribution < -0.4 is 5.56 Å². The minimum Gasteiger partial charge on any atom is -0.295 e. The molecule has 31 heavy (non-hydrogen) atoms. The van der Waals surface area contributed by atoms with Crippen molar-refractivity contribution < 1.29 is 12.8 Å². The molecule has 0 spiro atoms. The van der Waals surface area contributed by atoms with Crippen LogP contribution >= 0.6 is 11.6 Å². The third kappa shape index (κ3) is 4.66. The van der Waals surface area contributed by atoms with Gasteiger partial charge in [-0.1, -0.05) is 24.9 Å². The van der Waals surface area contributed by atoms with Crippen LogP contribution in [0.3, 0.4) is 0 Å². The van der Waals surface area contributed by atoms with E-state index < -0.39 is 21.9 Å². The van der Waals surface area contributed by atoms with Crippen LogP contribution in [0.4, 0.5) is 4.39 Å². The van der Waals surface area contributed by atoms with E-state index >= 15 is 0 Å². The monoisotopic (exact) mass is 465 g/mol. The lowest BCUT2D eigenvalue weighted by molar-refractivity contribution is 0.316. The normalized spacial score (nSPS) is 13.1. The maximum absolute atomic E-state index is 13.4. The van der Waals surface area contributed by atoms with Gasteiger partial charge >= 0.3 is 0 Å². The smallest absolute Gasteiger partial charge is 0.261 e. The van der Waals surface area contributed by atoms with Crippen LogP contribution in [0.5, 0.6) is 0 Å². The molecule has 0 saturated heterocycles. The highest BCUT2D eigenvalue weighted by atomic mass is 35.5. The van der Waals surface area contributed by atoms with Gasteiger partial charge in [-0.05, 0) is 62.7 Å². The molecule has 0 radical (unpaired) electrons. The molecule has 2 aromatic carbocycles. The van der Waals surface area contributed by atoms with Crippen LogP contribution in [0.2, 0.25) is 5.02 Å². The molecule has 1 atom stereocenters. The molecule has 1 unspecified atom stereocenters. The van der Waals surface area contributed by atoms with Crippen molar-refractivity contribution in [3.05, 3.63) is 69.5 Å². The van der Waals surface area contributed by atoms with E-state index in [1.165, 1.54) is 21.0 Å². The SMILES string of the molecule is CCCCN(C(C)c1nc2cc(Cl)ccc2c(=O)n1CC)S(=O)(=O)c1ccc(F)cc1. The predicted molar refractivity (Wildman–Crippen MR) is 120 cm³/mol. The first kappa shape index (κ1) is 23.4. The molecule has 0 saturated carbocycles. The van der Waals surface area contributed by atoms with Crippen LogP contribution in [-0.2, 0) is 16.6 Å². The summed E-state index contributed by atoms with van der Waals surface area (Å²) >= 11 is 6.09. The highest BCUT2D eigenvalue weighted by Gasteiger charge is 2.32. The van der Waals surface area contributed by atoms with Crippen LogP contribution in [-0.4, -0.2) is 28.8 Å². The van der Waals surface area contributed by atoms with E-state index in [2.05, 4.69) is 4.98 Å². The third-order valence-corrected chi connectivity index (χ3v) is 7.44. The summed E-state index contributed by atoms with van der Waals surface area (Å²) in [5.74, 6) is -0.177. The van der Waals surface area contributed by atoms with Gasteiger partial charge in [-0.2, -0.15) is 4.31 Å². The van der Waals surface area contributed by atoms with Gasteiger partial charge in [0.05, 0.1) is 21.8 Å². The molecule has 0 fully saturated rings. The molecule has 9 heteroatoms. The van der Waals surface area contributed by atoms with Crippen molar-refractivity contribution in [1.29, 1.82) is 0 Å². The number of halogens is 2. The molecule has 0 aliphatic carbocycles. The largest absolute Gasteiger partial charge is 0.295 e. The Kier molecular flexibility index (Phi) is 7.13. The molecule has 1 heterocycles. The fourth-order valence-electron chi connectivity index (χ4n) is 3.54. The number of hydrogen-bond acceptors (Lipinski definition) is 4. The standard InChI is InChI=1S/C22H25ClFN3O3S/c1-4-6-13-27(31(29,30)18-10-8-17(24)9-11-18)15(3)21-25-20-14-16(23)7-12-19(20)22(28)26(21)5-2/h7-12,14-15H,4-6,13H2,1-3H3. The number of sulfonamides is 1. The Morgan fingerprint density at radius 2 is 1.84 bits per heavy atom. The van der Waals surface area contributed by atoms with Gasteiger partial charge < -0.3 is 0 Å². The predicted octanol–water partition coefficient (Wildman–Crippen LogP) is 4.76. The lowest BCUT2D eigenvalue weighted by Crippen LogP contribution is -2.38. The minimum absolute atomic E-state index is 0.00826. The molecular formula is C22H25ClFN3O3S. The van der Waals surface area contributed by atoms with Gasteiger partial charge in [0, 0.05) is 18.1 Å². The number of nitrogens with zero attached hydrogens (tertiary/aromatic N) is 3. The van der Waals surface area contributed by atoms with Gasteiger partial charge in [0.1, 0.15) is 11.6 Å². The third-order valence-electron chi connectivity index (χ3n) is 5.22. The van der Waals surface area contributed by atoms with E-state index in [1.54, 1.807) is 25.1 Å². The molecule has 0 N–H and O–H groups in total. The molecule has 0 aliphatic heterocycles. The van der Waals surface area contributed by atoms with Crippen molar-refractivity contribution in [3.8, 4) is 0 Å². The summed E-state index contributed by atoms with van der Waals surface area (Å²) in [5.41, 5.74) is 0.166. The van der Waals surface area contributed by atoms with Gasteiger partial charge in [0.25, 0.3) is 5.56 Å². The Labute approximate surface area is 186 Å². The van der Waals surface area contributed by atoms with Gasteiger partial charge in [0.2, 0.25) is 10.0 Å². The zero-order valence-electron chi connectivity index (χ0n) is 17.7. The average molecular weight is 466 g/mol. The van der Waals surface area contributed by atoms with E-state index in [9.17, 15) is 17.6 Å². The van der Waals surface area contributed by atoms with Gasteiger partial charge in [-0.15, -0.1) is 0 Å². The maximum atomic E-state index is 13.4. The Balaban J connectivity index is 2.18. The van der Waals surface area contributed by atoms with Gasteiger partial charge in [-0.25, -0.2) is 17.8 Å². The summed E-state index contributed by atoms with van der Waals surface area (Å²) in [6.45, 7) is 6.06. The summed E-state index contributed by atoms with van der Waals surface area (Å²) in [7, 11) is -3.95. The molecule has 0 bridgehead atoms. The molecule has 0 aliphatic rings. The molecule has 0 amide bonds. The molecule has 6 nitrogen and oxygen atoms in total. The van der Waals surface area contributed by atoms with E-state index in [1.807, 2.05) is 13.8 Å². The first-order valence-electron chi connectivity index (χ1n) is 10.2. The zero-order chi connectivity index (χ0) is 22.8. The van der Waals surface area contributed by atoms with Gasteiger partial charge in [0.15, 0.2) is 0 Å². The lowest BCUT2D eigenvalue weighted by Gasteiger charge is -2.29. The lowest BCUT2D eigenvalue weighted by atomic mass is 10.2. The van der Waals surface area contributed by atoms with Crippen molar-refractivity contribution in [2.75, 3.05) is 6.54 Å². The fraction of sp³-hybridized carbons (Fsp3) is 0.364. The second kappa shape index (κ2) is 9.46. The van der Waals surface area contributed by atoms with Crippen molar-refractivity contribution in [2.24, 2.45) is 0 Å². The molecule has 166 valence electrons. The van der Waals surface area contributed by atoms with Crippen LogP contribution in [0, 0.1) is 5.82 Å². The highest BCUT2D eigenvalue weighted by molar-refractivity contribution is 7.89. The fourth-order valence-corrected chi connectivity index (χ4v) is 5.34. The summed E-state index contributed by atoms with van der Waals surface area (Å²) < 4.78 is 43.0. The zero-order valence-corrected chi connectivity index (χ0v) is 19.3. The van der Waals surface area contributed by atoms with E-state index in [4.69, 9.17) is 11.6 Å². The number of benzene rings is 2. The minimum atomic E-state index is -3.95. The first-order chi connectivity index (χ1) is 14.7. The second-order valence-electron chi connectivity index (χ2n) is 7.28. The highest BCUT2D eigenvalue weighted by Crippen LogP contribution is 2.28. The number of rotatable bonds is 8. The van der Waals surface area contributed by atoms with Gasteiger partial charge in [-0.3, -0.25) is 9.36 Å². The average Bonchev–Trinajstić information content (AvgIpc) is 2.73. The van der Waals surface area contributed by atoms with E-state index in [0.29, 0.717) is 34.7 Å². The van der Waals surface area contributed by atoms with Crippen LogP contribution in [0.15, 0.2) is 52.2 Å². The quantitative estimate of drug-likeness (QED) is 0.480. The van der Waals surface area contributed by atoms with Crippen molar-refractivity contribution in [2.45, 2.75) is 51.1 Å². The summed E-state index contributed by atoms with van der Waals surface area (Å²) in [5, 5.41) is 0.859. The Hall–Kier alpha value is -2.29. The maximum Gasteiger partial charge on any atom is 0.261 e. The van der Waals surface area contributed by atoms with Crippen LogP contribution in [0.1, 0.15) is 45.5 Å². The second-order valence-corrected chi connectivity index (χ2v) is 9.61. The van der Waals surface area contributed by atoms with Crippen LogP contribution in [0.25, 0.3) is 10.9 Å². The topological polar surface area (TPSA) is 72.3 Å². The van der Waals surface area contributed by atoms with Crippen molar-refractivity contribution >= 4 is 32.5 Å². The van der Waals surface area contributed by atoms with Crippen molar-refractivity contribution in [1.82, 2.24) is 13.9 Å². The molecular weight excluding hydrogens is 441 g/mol. The number of hydrogen-bond donors (Lipinski definition) is 0.